The molecule has 0 bridgehead atoms. The molecule has 0 unspecified atom stereocenters. The van der Waals surface area contributed by atoms with Crippen molar-refractivity contribution in [3.05, 3.63) is 60.2 Å². The Labute approximate surface area is 96.5 Å². The summed E-state index contributed by atoms with van der Waals surface area (Å²) in [5.74, 6) is 1.20. The normalized spacial score (nSPS) is 10.4. The van der Waals surface area contributed by atoms with E-state index in [1.165, 1.54) is 17.1 Å². The predicted molar refractivity (Wildman–Crippen MR) is 66.0 cm³/mol. The Balaban J connectivity index is 2.35. The smallest absolute Gasteiger partial charge is 0.227 e. The van der Waals surface area contributed by atoms with Crippen molar-refractivity contribution < 1.29 is 4.57 Å². The van der Waals surface area contributed by atoms with Gasteiger partial charge < -0.3 is 0 Å². The number of hydrogen-bond donors (Lipinski definition) is 0. The molecule has 0 atom stereocenters. The molecule has 0 spiro atoms. The summed E-state index contributed by atoms with van der Waals surface area (Å²) in [6, 6.07) is 10.5. The quantitative estimate of drug-likeness (QED) is 0.693. The third kappa shape index (κ3) is 1.91. The highest BCUT2D eigenvalue weighted by molar-refractivity contribution is 5.16. The van der Waals surface area contributed by atoms with Crippen LogP contribution in [0.25, 0.3) is 6.20 Å². The van der Waals surface area contributed by atoms with E-state index in [2.05, 4.69) is 60.0 Å². The number of benzene rings is 1. The van der Waals surface area contributed by atoms with Crippen molar-refractivity contribution in [1.82, 2.24) is 4.57 Å². The van der Waals surface area contributed by atoms with Crippen molar-refractivity contribution >= 4 is 6.20 Å². The summed E-state index contributed by atoms with van der Waals surface area (Å²) in [5.41, 5.74) is 2.57. The molecule has 1 aromatic carbocycles. The lowest BCUT2D eigenvalue weighted by molar-refractivity contribution is -0.575. The van der Waals surface area contributed by atoms with Crippen LogP contribution in [0.5, 0.6) is 0 Å². The van der Waals surface area contributed by atoms with Gasteiger partial charge in [0.15, 0.2) is 0 Å². The van der Waals surface area contributed by atoms with E-state index >= 15 is 0 Å². The van der Waals surface area contributed by atoms with E-state index < -0.39 is 0 Å². The van der Waals surface area contributed by atoms with Crippen LogP contribution in [0, 0.1) is 13.8 Å². The van der Waals surface area contributed by atoms with Crippen LogP contribution in [0.1, 0.15) is 17.1 Å². The minimum atomic E-state index is 0.916. The molecule has 0 saturated heterocycles. The third-order valence-electron chi connectivity index (χ3n) is 2.90. The zero-order chi connectivity index (χ0) is 11.5. The topological polar surface area (TPSA) is 8.81 Å². The molecular formula is C14H17N2+. The zero-order valence-electron chi connectivity index (χ0n) is 9.85. The Kier molecular flexibility index (Phi) is 2.91. The van der Waals surface area contributed by atoms with Crippen LogP contribution in [-0.4, -0.2) is 4.57 Å². The fourth-order valence-electron chi connectivity index (χ4n) is 1.95. The van der Waals surface area contributed by atoms with Gasteiger partial charge in [0, 0.05) is 13.8 Å². The molecule has 1 aromatic heterocycles. The summed E-state index contributed by atoms with van der Waals surface area (Å²) < 4.78 is 4.34. The summed E-state index contributed by atoms with van der Waals surface area (Å²) in [7, 11) is 0. The summed E-state index contributed by atoms with van der Waals surface area (Å²) >= 11 is 0. The van der Waals surface area contributed by atoms with Gasteiger partial charge in [0.25, 0.3) is 5.82 Å². The highest BCUT2D eigenvalue weighted by Gasteiger charge is 2.14. The third-order valence-corrected chi connectivity index (χ3v) is 2.90. The summed E-state index contributed by atoms with van der Waals surface area (Å²) in [5, 5.41) is 0. The Morgan fingerprint density at radius 3 is 2.50 bits per heavy atom. The lowest BCUT2D eigenvalue weighted by Gasteiger charge is -2.01. The average molecular weight is 213 g/mol. The molecule has 0 aliphatic heterocycles. The Morgan fingerprint density at radius 2 is 1.94 bits per heavy atom. The molecule has 2 aromatic rings. The molecule has 82 valence electrons. The van der Waals surface area contributed by atoms with Crippen LogP contribution in [-0.2, 0) is 6.54 Å². The van der Waals surface area contributed by atoms with Gasteiger partial charge in [-0.2, -0.15) is 0 Å². The maximum atomic E-state index is 3.80. The molecule has 2 heteroatoms. The predicted octanol–water partition coefficient (Wildman–Crippen LogP) is 2.54. The van der Waals surface area contributed by atoms with Crippen molar-refractivity contribution in [3.63, 3.8) is 0 Å². The van der Waals surface area contributed by atoms with Gasteiger partial charge >= 0.3 is 0 Å². The van der Waals surface area contributed by atoms with Crippen LogP contribution in [0.2, 0.25) is 0 Å². The molecule has 16 heavy (non-hydrogen) atoms. The maximum Gasteiger partial charge on any atom is 0.258 e. The first-order valence-electron chi connectivity index (χ1n) is 5.46. The number of hydrogen-bond acceptors (Lipinski definition) is 0. The highest BCUT2D eigenvalue weighted by atomic mass is 15.1. The van der Waals surface area contributed by atoms with Crippen molar-refractivity contribution in [1.29, 1.82) is 0 Å². The van der Waals surface area contributed by atoms with E-state index in [-0.39, 0.29) is 0 Å². The first kappa shape index (κ1) is 10.7. The Morgan fingerprint density at radius 1 is 1.25 bits per heavy atom. The first-order valence-corrected chi connectivity index (χ1v) is 5.46. The summed E-state index contributed by atoms with van der Waals surface area (Å²) in [6.45, 7) is 8.95. The second kappa shape index (κ2) is 4.35. The summed E-state index contributed by atoms with van der Waals surface area (Å²) in [4.78, 5) is 0. The van der Waals surface area contributed by atoms with Gasteiger partial charge in [0.2, 0.25) is 0 Å². The van der Waals surface area contributed by atoms with Gasteiger partial charge in [-0.15, -0.1) is 0 Å². The molecule has 0 N–H and O–H groups in total. The van der Waals surface area contributed by atoms with Crippen molar-refractivity contribution in [3.8, 4) is 0 Å². The second-order valence-electron chi connectivity index (χ2n) is 3.98. The van der Waals surface area contributed by atoms with Crippen molar-refractivity contribution in [2.24, 2.45) is 0 Å². The highest BCUT2D eigenvalue weighted by Crippen LogP contribution is 2.07. The van der Waals surface area contributed by atoms with Gasteiger partial charge in [-0.3, -0.25) is 0 Å². The van der Waals surface area contributed by atoms with E-state index in [4.69, 9.17) is 0 Å². The molecule has 0 fully saturated rings. The van der Waals surface area contributed by atoms with E-state index in [1.54, 1.807) is 0 Å². The minimum absolute atomic E-state index is 0.916. The first-order chi connectivity index (χ1) is 7.72. The van der Waals surface area contributed by atoms with Crippen LogP contribution in [0.3, 0.4) is 0 Å². The average Bonchev–Trinajstić information content (AvgIpc) is 2.58. The largest absolute Gasteiger partial charge is 0.258 e. The van der Waals surface area contributed by atoms with Crippen LogP contribution in [0.4, 0.5) is 0 Å². The molecule has 2 nitrogen and oxygen atoms in total. The lowest BCUT2D eigenvalue weighted by atomic mass is 10.2. The molecule has 2 rings (SSSR count). The number of imidazole rings is 1. The number of aryl methyl sites for hydroxylation is 1. The maximum absolute atomic E-state index is 3.80. The van der Waals surface area contributed by atoms with Gasteiger partial charge in [-0.25, -0.2) is 9.13 Å². The molecule has 0 amide bonds. The van der Waals surface area contributed by atoms with Crippen molar-refractivity contribution in [2.75, 3.05) is 0 Å². The van der Waals surface area contributed by atoms with E-state index in [0.717, 1.165) is 6.54 Å². The molecule has 0 radical (unpaired) electrons. The van der Waals surface area contributed by atoms with Gasteiger partial charge in [-0.05, 0) is 5.56 Å². The molecular weight excluding hydrogens is 196 g/mol. The van der Waals surface area contributed by atoms with Crippen LogP contribution < -0.4 is 4.57 Å². The standard InChI is InChI=1S/C14H17N2/c1-4-15-10-12(2)16(13(15)3)11-14-8-6-5-7-9-14/h4-10H,1,11H2,2-3H3/q+1. The number of aromatic nitrogens is 2. The fourth-order valence-corrected chi connectivity index (χ4v) is 1.95. The zero-order valence-corrected chi connectivity index (χ0v) is 9.85. The molecule has 0 saturated carbocycles. The van der Waals surface area contributed by atoms with Gasteiger partial charge in [-0.1, -0.05) is 36.9 Å². The Hall–Kier alpha value is -1.83. The molecule has 1 heterocycles. The summed E-state index contributed by atoms with van der Waals surface area (Å²) in [6.07, 6.45) is 3.94. The number of rotatable bonds is 3. The number of nitrogens with zero attached hydrogens (tertiary/aromatic N) is 2. The van der Waals surface area contributed by atoms with E-state index in [1.807, 2.05) is 12.3 Å². The monoisotopic (exact) mass is 213 g/mol. The SMILES string of the molecule is C=C[n+]1cc(C)n(Cc2ccccc2)c1C. The fraction of sp³-hybridized carbons (Fsp3) is 0.214. The lowest BCUT2D eigenvalue weighted by Crippen LogP contribution is -2.27. The van der Waals surface area contributed by atoms with E-state index in [9.17, 15) is 0 Å². The van der Waals surface area contributed by atoms with Crippen LogP contribution >= 0.6 is 0 Å². The van der Waals surface area contributed by atoms with Gasteiger partial charge in [0.05, 0.1) is 6.20 Å². The Bertz CT molecular complexity index is 495. The molecule has 0 aliphatic carbocycles. The minimum Gasteiger partial charge on any atom is -0.227 e. The van der Waals surface area contributed by atoms with Gasteiger partial charge in [0.1, 0.15) is 18.4 Å². The van der Waals surface area contributed by atoms with Crippen molar-refractivity contribution in [2.45, 2.75) is 20.4 Å². The molecule has 0 aliphatic rings. The second-order valence-corrected chi connectivity index (χ2v) is 3.98. The van der Waals surface area contributed by atoms with E-state index in [0.29, 0.717) is 0 Å². The van der Waals surface area contributed by atoms with Crippen LogP contribution in [0.15, 0.2) is 43.1 Å².